The van der Waals surface area contributed by atoms with Gasteiger partial charge in [0.25, 0.3) is 5.91 Å². The molecule has 2 aromatic carbocycles. The van der Waals surface area contributed by atoms with Crippen molar-refractivity contribution in [1.82, 2.24) is 15.1 Å². The predicted octanol–water partition coefficient (Wildman–Crippen LogP) is 2.47. The summed E-state index contributed by atoms with van der Waals surface area (Å²) in [5.41, 5.74) is 7.80. The summed E-state index contributed by atoms with van der Waals surface area (Å²) < 4.78 is 0. The molecule has 0 aromatic heterocycles. The van der Waals surface area contributed by atoms with E-state index in [4.69, 9.17) is 17.3 Å². The minimum absolute atomic E-state index is 0.0341. The van der Waals surface area contributed by atoms with Gasteiger partial charge in [-0.1, -0.05) is 35.9 Å². The van der Waals surface area contributed by atoms with Crippen LogP contribution in [0.4, 0.5) is 4.79 Å². The topological polar surface area (TPSA) is 78.7 Å². The number of benzene rings is 2. The number of halogens is 1. The quantitative estimate of drug-likeness (QED) is 0.828. The first kappa shape index (κ1) is 19.2. The summed E-state index contributed by atoms with van der Waals surface area (Å²) in [6.45, 7) is 4.25. The Hall–Kier alpha value is -2.57. The van der Waals surface area contributed by atoms with Gasteiger partial charge >= 0.3 is 6.03 Å². The molecule has 1 heterocycles. The molecular weight excluding hydrogens is 364 g/mol. The number of carbonyl (C=O) groups excluding carboxylic acids is 2. The Balaban J connectivity index is 1.51. The molecule has 1 aliphatic heterocycles. The Morgan fingerprint density at radius 2 is 1.70 bits per heavy atom. The number of primary amides is 1. The molecule has 0 atom stereocenters. The van der Waals surface area contributed by atoms with Crippen molar-refractivity contribution in [2.75, 3.05) is 26.2 Å². The average molecular weight is 387 g/mol. The molecule has 1 fully saturated rings. The molecular formula is C20H23ClN4O2. The van der Waals surface area contributed by atoms with Crippen molar-refractivity contribution in [3.8, 4) is 0 Å². The van der Waals surface area contributed by atoms with Gasteiger partial charge in [-0.2, -0.15) is 0 Å². The van der Waals surface area contributed by atoms with Crippen LogP contribution in [0.25, 0.3) is 0 Å². The second-order valence-corrected chi connectivity index (χ2v) is 7.05. The molecule has 0 spiro atoms. The number of nitrogens with one attached hydrogen (secondary N) is 1. The summed E-state index contributed by atoms with van der Waals surface area (Å²) in [4.78, 5) is 27.6. The average Bonchev–Trinajstić information content (AvgIpc) is 2.67. The van der Waals surface area contributed by atoms with Crippen LogP contribution in [0.5, 0.6) is 0 Å². The fraction of sp³-hybridized carbons (Fsp3) is 0.300. The van der Waals surface area contributed by atoms with E-state index in [9.17, 15) is 9.59 Å². The lowest BCUT2D eigenvalue weighted by Crippen LogP contribution is -2.48. The maximum atomic E-state index is 12.7. The third-order valence-corrected chi connectivity index (χ3v) is 4.86. The number of nitrogens with zero attached hydrogens (tertiary/aromatic N) is 2. The lowest BCUT2D eigenvalue weighted by molar-refractivity contribution is 0.0628. The van der Waals surface area contributed by atoms with Crippen molar-refractivity contribution in [3.05, 3.63) is 70.2 Å². The monoisotopic (exact) mass is 386 g/mol. The number of piperazine rings is 1. The van der Waals surface area contributed by atoms with Crippen molar-refractivity contribution in [2.45, 2.75) is 13.1 Å². The van der Waals surface area contributed by atoms with Crippen LogP contribution >= 0.6 is 11.6 Å². The zero-order chi connectivity index (χ0) is 19.2. The van der Waals surface area contributed by atoms with Gasteiger partial charge in [-0.05, 0) is 35.4 Å². The van der Waals surface area contributed by atoms with Crippen LogP contribution in [0.1, 0.15) is 21.5 Å². The summed E-state index contributed by atoms with van der Waals surface area (Å²) in [5.74, 6) is 0.0341. The Morgan fingerprint density at radius 3 is 2.33 bits per heavy atom. The standard InChI is InChI=1S/C20H23ClN4O2/c21-18-3-1-2-16(12-18)14-24-8-10-25(11-9-24)19(26)17-6-4-15(5-7-17)13-23-20(22)27/h1-7,12H,8-11,13-14H2,(H3,22,23,27). The van der Waals surface area contributed by atoms with Crippen molar-refractivity contribution < 1.29 is 9.59 Å². The number of rotatable bonds is 5. The van der Waals surface area contributed by atoms with Gasteiger partial charge < -0.3 is 16.0 Å². The van der Waals surface area contributed by atoms with E-state index in [0.29, 0.717) is 25.2 Å². The first-order valence-electron chi connectivity index (χ1n) is 8.89. The van der Waals surface area contributed by atoms with Crippen LogP contribution in [-0.2, 0) is 13.1 Å². The lowest BCUT2D eigenvalue weighted by Gasteiger charge is -2.34. The third kappa shape index (κ3) is 5.45. The molecule has 0 radical (unpaired) electrons. The van der Waals surface area contributed by atoms with Gasteiger partial charge in [0, 0.05) is 49.9 Å². The molecule has 1 saturated heterocycles. The van der Waals surface area contributed by atoms with Gasteiger partial charge in [-0.25, -0.2) is 4.79 Å². The van der Waals surface area contributed by atoms with E-state index in [-0.39, 0.29) is 5.91 Å². The van der Waals surface area contributed by atoms with Crippen LogP contribution in [0.2, 0.25) is 5.02 Å². The summed E-state index contributed by atoms with van der Waals surface area (Å²) in [6.07, 6.45) is 0. The Morgan fingerprint density at radius 1 is 1.00 bits per heavy atom. The molecule has 0 unspecified atom stereocenters. The number of urea groups is 1. The molecule has 0 saturated carbocycles. The van der Waals surface area contributed by atoms with E-state index in [1.807, 2.05) is 35.2 Å². The summed E-state index contributed by atoms with van der Waals surface area (Å²) in [5, 5.41) is 3.28. The first-order valence-corrected chi connectivity index (χ1v) is 9.27. The van der Waals surface area contributed by atoms with Crippen molar-refractivity contribution >= 4 is 23.5 Å². The molecule has 6 nitrogen and oxygen atoms in total. The third-order valence-electron chi connectivity index (χ3n) is 4.62. The SMILES string of the molecule is NC(=O)NCc1ccc(C(=O)N2CCN(Cc3cccc(Cl)c3)CC2)cc1. The smallest absolute Gasteiger partial charge is 0.312 e. The van der Waals surface area contributed by atoms with Crippen molar-refractivity contribution in [3.63, 3.8) is 0 Å². The zero-order valence-corrected chi connectivity index (χ0v) is 15.8. The Labute approximate surface area is 163 Å². The van der Waals surface area contributed by atoms with E-state index in [1.54, 1.807) is 12.1 Å². The minimum atomic E-state index is -0.564. The highest BCUT2D eigenvalue weighted by Crippen LogP contribution is 2.15. The normalized spacial score (nSPS) is 14.8. The maximum Gasteiger partial charge on any atom is 0.312 e. The van der Waals surface area contributed by atoms with Gasteiger partial charge in [0.05, 0.1) is 0 Å². The lowest BCUT2D eigenvalue weighted by atomic mass is 10.1. The molecule has 7 heteroatoms. The molecule has 0 aliphatic carbocycles. The van der Waals surface area contributed by atoms with Crippen LogP contribution in [0, 0.1) is 0 Å². The highest BCUT2D eigenvalue weighted by atomic mass is 35.5. The summed E-state index contributed by atoms with van der Waals surface area (Å²) >= 11 is 6.04. The van der Waals surface area contributed by atoms with Crippen LogP contribution in [-0.4, -0.2) is 47.9 Å². The van der Waals surface area contributed by atoms with E-state index in [1.165, 1.54) is 5.56 Å². The van der Waals surface area contributed by atoms with Crippen molar-refractivity contribution in [2.24, 2.45) is 5.73 Å². The minimum Gasteiger partial charge on any atom is -0.352 e. The van der Waals surface area contributed by atoms with E-state index in [0.717, 1.165) is 30.2 Å². The van der Waals surface area contributed by atoms with E-state index in [2.05, 4.69) is 16.3 Å². The van der Waals surface area contributed by atoms with Gasteiger partial charge in [0.1, 0.15) is 0 Å². The van der Waals surface area contributed by atoms with Crippen molar-refractivity contribution in [1.29, 1.82) is 0 Å². The van der Waals surface area contributed by atoms with Crippen LogP contribution < -0.4 is 11.1 Å². The van der Waals surface area contributed by atoms with Gasteiger partial charge in [0.15, 0.2) is 0 Å². The van der Waals surface area contributed by atoms with Gasteiger partial charge in [-0.15, -0.1) is 0 Å². The molecule has 3 amide bonds. The fourth-order valence-electron chi connectivity index (χ4n) is 3.14. The zero-order valence-electron chi connectivity index (χ0n) is 15.0. The highest BCUT2D eigenvalue weighted by Gasteiger charge is 2.22. The Kier molecular flexibility index (Phi) is 6.32. The number of carbonyl (C=O) groups is 2. The van der Waals surface area contributed by atoms with Gasteiger partial charge in [-0.3, -0.25) is 9.69 Å². The number of amides is 3. The van der Waals surface area contributed by atoms with Gasteiger partial charge in [0.2, 0.25) is 0 Å². The molecule has 27 heavy (non-hydrogen) atoms. The van der Waals surface area contributed by atoms with E-state index < -0.39 is 6.03 Å². The number of nitrogens with two attached hydrogens (primary N) is 1. The largest absolute Gasteiger partial charge is 0.352 e. The van der Waals surface area contributed by atoms with E-state index >= 15 is 0 Å². The first-order chi connectivity index (χ1) is 13.0. The molecule has 3 rings (SSSR count). The second-order valence-electron chi connectivity index (χ2n) is 6.61. The molecule has 0 bridgehead atoms. The molecule has 142 valence electrons. The Bertz CT molecular complexity index is 802. The summed E-state index contributed by atoms with van der Waals surface area (Å²) in [6, 6.07) is 14.6. The molecule has 2 aromatic rings. The second kappa shape index (κ2) is 8.88. The number of hydrogen-bond donors (Lipinski definition) is 2. The maximum absolute atomic E-state index is 12.7. The van der Waals surface area contributed by atoms with Crippen LogP contribution in [0.15, 0.2) is 48.5 Å². The fourth-order valence-corrected chi connectivity index (χ4v) is 3.35. The number of hydrogen-bond acceptors (Lipinski definition) is 3. The van der Waals surface area contributed by atoms with Crippen LogP contribution in [0.3, 0.4) is 0 Å². The highest BCUT2D eigenvalue weighted by molar-refractivity contribution is 6.30. The molecule has 3 N–H and O–H groups in total. The molecule has 1 aliphatic rings. The predicted molar refractivity (Wildman–Crippen MR) is 105 cm³/mol. The summed E-state index contributed by atoms with van der Waals surface area (Å²) in [7, 11) is 0.